The maximum Gasteiger partial charge on any atom is 0.345 e. The van der Waals surface area contributed by atoms with Crippen molar-refractivity contribution in [1.29, 1.82) is 0 Å². The fourth-order valence-electron chi connectivity index (χ4n) is 2.12. The normalized spacial score (nSPS) is 13.5. The Morgan fingerprint density at radius 2 is 1.70 bits per heavy atom. The van der Waals surface area contributed by atoms with Crippen LogP contribution < -0.4 is 4.74 Å². The lowest BCUT2D eigenvalue weighted by Crippen LogP contribution is -2.37. The summed E-state index contributed by atoms with van der Waals surface area (Å²) in [5, 5.41) is 20.3. The average Bonchev–Trinajstić information content (AvgIpc) is 2.48. The van der Waals surface area contributed by atoms with E-state index in [2.05, 4.69) is 0 Å². The Morgan fingerprint density at radius 3 is 2.30 bits per heavy atom. The zero-order valence-electron chi connectivity index (χ0n) is 11.1. The van der Waals surface area contributed by atoms with E-state index in [9.17, 15) is 15.0 Å². The third-order valence-corrected chi connectivity index (χ3v) is 3.08. The first-order chi connectivity index (χ1) is 9.60. The average molecular weight is 272 g/mol. The predicted octanol–water partition coefficient (Wildman–Crippen LogP) is 2.41. The van der Waals surface area contributed by atoms with Crippen LogP contribution in [0.3, 0.4) is 0 Å². The molecule has 0 heterocycles. The molecule has 0 spiro atoms. The smallest absolute Gasteiger partial charge is 0.345 e. The molecule has 0 amide bonds. The van der Waals surface area contributed by atoms with E-state index in [0.717, 1.165) is 0 Å². The molecule has 2 rings (SSSR count). The lowest BCUT2D eigenvalue weighted by molar-refractivity contribution is -0.155. The van der Waals surface area contributed by atoms with Crippen LogP contribution in [0.1, 0.15) is 18.1 Å². The van der Waals surface area contributed by atoms with Crippen LogP contribution in [0.4, 0.5) is 0 Å². The summed E-state index contributed by atoms with van der Waals surface area (Å²) in [7, 11) is 0. The number of carboxylic acids is 1. The highest BCUT2D eigenvalue weighted by Crippen LogP contribution is 2.35. The van der Waals surface area contributed by atoms with E-state index in [0.29, 0.717) is 17.9 Å². The van der Waals surface area contributed by atoms with Crippen LogP contribution in [0.5, 0.6) is 5.75 Å². The van der Waals surface area contributed by atoms with Gasteiger partial charge < -0.3 is 14.9 Å². The van der Waals surface area contributed by atoms with Gasteiger partial charge in [0.15, 0.2) is 0 Å². The molecule has 0 saturated heterocycles. The quantitative estimate of drug-likeness (QED) is 0.877. The number of ether oxygens (including phenoxy) is 1. The maximum atomic E-state index is 11.7. The Morgan fingerprint density at radius 1 is 1.10 bits per heavy atom. The highest BCUT2D eigenvalue weighted by molar-refractivity contribution is 5.84. The monoisotopic (exact) mass is 272 g/mol. The summed E-state index contributed by atoms with van der Waals surface area (Å²) in [4.78, 5) is 11.7. The number of para-hydroxylation sites is 1. The lowest BCUT2D eigenvalue weighted by Gasteiger charge is -2.26. The van der Waals surface area contributed by atoms with E-state index in [4.69, 9.17) is 4.74 Å². The first kappa shape index (κ1) is 14.1. The van der Waals surface area contributed by atoms with E-state index in [1.165, 1.54) is 0 Å². The molecule has 2 aromatic rings. The van der Waals surface area contributed by atoms with Gasteiger partial charge >= 0.3 is 5.97 Å². The van der Waals surface area contributed by atoms with Crippen molar-refractivity contribution in [2.24, 2.45) is 0 Å². The van der Waals surface area contributed by atoms with Gasteiger partial charge in [-0.15, -0.1) is 0 Å². The van der Waals surface area contributed by atoms with Gasteiger partial charge in [0.25, 0.3) is 0 Å². The summed E-state index contributed by atoms with van der Waals surface area (Å²) in [5.41, 5.74) is -1.62. The van der Waals surface area contributed by atoms with Crippen molar-refractivity contribution in [1.82, 2.24) is 0 Å². The van der Waals surface area contributed by atoms with E-state index in [1.807, 2.05) is 0 Å². The van der Waals surface area contributed by atoms with Crippen LogP contribution in [0.25, 0.3) is 0 Å². The van der Waals surface area contributed by atoms with Gasteiger partial charge in [-0.05, 0) is 18.6 Å². The summed E-state index contributed by atoms with van der Waals surface area (Å²) >= 11 is 0. The van der Waals surface area contributed by atoms with Crippen LogP contribution >= 0.6 is 0 Å². The van der Waals surface area contributed by atoms with E-state index in [1.54, 1.807) is 61.5 Å². The van der Waals surface area contributed by atoms with Gasteiger partial charge in [0.05, 0.1) is 6.61 Å². The minimum absolute atomic E-state index is 0.223. The number of hydrogen-bond acceptors (Lipinski definition) is 3. The summed E-state index contributed by atoms with van der Waals surface area (Å²) in [5.74, 6) is -0.973. The molecule has 0 aliphatic heterocycles. The molecule has 2 aromatic carbocycles. The second-order valence-electron chi connectivity index (χ2n) is 4.31. The van der Waals surface area contributed by atoms with Crippen LogP contribution in [0.15, 0.2) is 54.6 Å². The second-order valence-corrected chi connectivity index (χ2v) is 4.31. The molecular weight excluding hydrogens is 256 g/mol. The van der Waals surface area contributed by atoms with Crippen molar-refractivity contribution in [3.8, 4) is 5.75 Å². The van der Waals surface area contributed by atoms with Crippen LogP contribution in [-0.2, 0) is 10.4 Å². The summed E-state index contributed by atoms with van der Waals surface area (Å²) in [6, 6.07) is 14.9. The van der Waals surface area contributed by atoms with Crippen molar-refractivity contribution < 1.29 is 19.7 Å². The molecule has 0 saturated carbocycles. The fourth-order valence-corrected chi connectivity index (χ4v) is 2.12. The molecule has 4 heteroatoms. The van der Waals surface area contributed by atoms with Gasteiger partial charge in [-0.3, -0.25) is 0 Å². The molecule has 0 fully saturated rings. The molecule has 0 aliphatic carbocycles. The molecular formula is C16H16O4. The van der Waals surface area contributed by atoms with E-state index >= 15 is 0 Å². The Kier molecular flexibility index (Phi) is 4.05. The minimum Gasteiger partial charge on any atom is -0.493 e. The van der Waals surface area contributed by atoms with Gasteiger partial charge in [-0.2, -0.15) is 0 Å². The number of carboxylic acid groups (broad SMARTS) is 1. The standard InChI is InChI=1S/C16H16O4/c1-2-20-14-11-7-6-10-13(14)16(19,15(17)18)12-8-4-3-5-9-12/h3-11,19H,2H2,1H3,(H,17,18). The molecule has 1 atom stereocenters. The molecule has 2 N–H and O–H groups in total. The largest absolute Gasteiger partial charge is 0.493 e. The van der Waals surface area contributed by atoms with Gasteiger partial charge in [-0.25, -0.2) is 4.79 Å². The Balaban J connectivity index is 2.63. The topological polar surface area (TPSA) is 66.8 Å². The highest BCUT2D eigenvalue weighted by atomic mass is 16.5. The van der Waals surface area contributed by atoms with Gasteiger partial charge in [0.2, 0.25) is 5.60 Å². The van der Waals surface area contributed by atoms with Crippen molar-refractivity contribution in [3.63, 3.8) is 0 Å². The van der Waals surface area contributed by atoms with E-state index in [-0.39, 0.29) is 5.56 Å². The Bertz CT molecular complexity index is 594. The van der Waals surface area contributed by atoms with Crippen LogP contribution in [0.2, 0.25) is 0 Å². The first-order valence-corrected chi connectivity index (χ1v) is 6.34. The summed E-state index contributed by atoms with van der Waals surface area (Å²) in [6.07, 6.45) is 0. The molecule has 0 bridgehead atoms. The second kappa shape index (κ2) is 5.75. The molecule has 0 aromatic heterocycles. The number of carbonyl (C=O) groups is 1. The molecule has 104 valence electrons. The summed E-state index contributed by atoms with van der Waals surface area (Å²) in [6.45, 7) is 2.20. The van der Waals surface area contributed by atoms with Crippen LogP contribution in [-0.4, -0.2) is 22.8 Å². The lowest BCUT2D eigenvalue weighted by atomic mass is 9.86. The van der Waals surface area contributed by atoms with Crippen molar-refractivity contribution in [2.45, 2.75) is 12.5 Å². The van der Waals surface area contributed by atoms with Crippen LogP contribution in [0, 0.1) is 0 Å². The summed E-state index contributed by atoms with van der Waals surface area (Å²) < 4.78 is 5.43. The van der Waals surface area contributed by atoms with Crippen molar-refractivity contribution in [3.05, 3.63) is 65.7 Å². The van der Waals surface area contributed by atoms with Crippen molar-refractivity contribution in [2.75, 3.05) is 6.61 Å². The van der Waals surface area contributed by atoms with Crippen molar-refractivity contribution >= 4 is 5.97 Å². The highest BCUT2D eigenvalue weighted by Gasteiger charge is 2.42. The fraction of sp³-hybridized carbons (Fsp3) is 0.188. The molecule has 20 heavy (non-hydrogen) atoms. The molecule has 0 radical (unpaired) electrons. The number of hydrogen-bond donors (Lipinski definition) is 2. The van der Waals surface area contributed by atoms with Gasteiger partial charge in [0.1, 0.15) is 5.75 Å². The maximum absolute atomic E-state index is 11.7. The number of benzene rings is 2. The predicted molar refractivity (Wildman–Crippen MR) is 74.7 cm³/mol. The molecule has 0 aliphatic rings. The zero-order chi connectivity index (χ0) is 14.6. The molecule has 4 nitrogen and oxygen atoms in total. The van der Waals surface area contributed by atoms with E-state index < -0.39 is 11.6 Å². The number of rotatable bonds is 5. The zero-order valence-corrected chi connectivity index (χ0v) is 11.1. The molecule has 1 unspecified atom stereocenters. The number of aliphatic carboxylic acids is 1. The minimum atomic E-state index is -2.13. The first-order valence-electron chi connectivity index (χ1n) is 6.34. The number of aliphatic hydroxyl groups is 1. The third kappa shape index (κ3) is 2.38. The third-order valence-electron chi connectivity index (χ3n) is 3.08. The SMILES string of the molecule is CCOc1ccccc1C(O)(C(=O)O)c1ccccc1. The van der Waals surface area contributed by atoms with Gasteiger partial charge in [0, 0.05) is 5.56 Å². The Labute approximate surface area is 117 Å². The van der Waals surface area contributed by atoms with Gasteiger partial charge in [-0.1, -0.05) is 48.5 Å². The Hall–Kier alpha value is -2.33.